The van der Waals surface area contributed by atoms with Crippen LogP contribution in [0.15, 0.2) is 15.5 Å². The van der Waals surface area contributed by atoms with E-state index in [2.05, 4.69) is 26.3 Å². The summed E-state index contributed by atoms with van der Waals surface area (Å²) in [7, 11) is 0. The lowest BCUT2D eigenvalue weighted by molar-refractivity contribution is -0.143. The van der Waals surface area contributed by atoms with Crippen molar-refractivity contribution in [2.75, 3.05) is 5.32 Å². The molecule has 2 N–H and O–H groups in total. The number of nitrogens with zero attached hydrogens (tertiary/aromatic N) is 2. The first kappa shape index (κ1) is 17.0. The maximum absolute atomic E-state index is 12.2. The van der Waals surface area contributed by atoms with Crippen LogP contribution in [0.4, 0.5) is 18.9 Å². The number of aliphatic hydroxyl groups excluding tert-OH is 1. The monoisotopic (exact) mass is 357 g/mol. The van der Waals surface area contributed by atoms with Gasteiger partial charge in [0.15, 0.2) is 0 Å². The predicted octanol–water partition coefficient (Wildman–Crippen LogP) is 2.14. The second-order valence-electron chi connectivity index (χ2n) is 4.58. The molecule has 0 fully saturated rings. The Morgan fingerprint density at radius 1 is 1.50 bits per heavy atom. The van der Waals surface area contributed by atoms with Gasteiger partial charge in [-0.1, -0.05) is 0 Å². The fraction of sp³-hybridized carbons (Fsp3) is 0.636. The highest BCUT2D eigenvalue weighted by Gasteiger charge is 2.29. The predicted molar refractivity (Wildman–Crippen MR) is 71.6 cm³/mol. The van der Waals surface area contributed by atoms with Crippen LogP contribution in [-0.4, -0.2) is 33.2 Å². The first-order chi connectivity index (χ1) is 9.10. The SMILES string of the molecule is CC(O)CC(C)Nc1cnn(CC(F)(F)F)c(=O)c1Br. The van der Waals surface area contributed by atoms with Gasteiger partial charge in [-0.05, 0) is 36.2 Å². The van der Waals surface area contributed by atoms with Gasteiger partial charge in [-0.3, -0.25) is 4.79 Å². The Morgan fingerprint density at radius 3 is 2.60 bits per heavy atom. The van der Waals surface area contributed by atoms with Crippen molar-refractivity contribution in [3.8, 4) is 0 Å². The number of rotatable bonds is 5. The Morgan fingerprint density at radius 2 is 2.10 bits per heavy atom. The van der Waals surface area contributed by atoms with Crippen LogP contribution in [0.5, 0.6) is 0 Å². The summed E-state index contributed by atoms with van der Waals surface area (Å²) in [5.41, 5.74) is -0.571. The van der Waals surface area contributed by atoms with Crippen molar-refractivity contribution in [3.63, 3.8) is 0 Å². The molecule has 0 saturated heterocycles. The van der Waals surface area contributed by atoms with Gasteiger partial charge in [-0.2, -0.15) is 18.3 Å². The Labute approximate surface area is 121 Å². The highest BCUT2D eigenvalue weighted by atomic mass is 79.9. The van der Waals surface area contributed by atoms with Gasteiger partial charge in [-0.25, -0.2) is 4.68 Å². The Balaban J connectivity index is 2.92. The van der Waals surface area contributed by atoms with Crippen molar-refractivity contribution in [1.29, 1.82) is 0 Å². The molecule has 1 heterocycles. The number of alkyl halides is 3. The first-order valence-corrected chi connectivity index (χ1v) is 6.66. The molecule has 114 valence electrons. The zero-order valence-corrected chi connectivity index (χ0v) is 12.5. The summed E-state index contributed by atoms with van der Waals surface area (Å²) in [6.07, 6.45) is -3.46. The van der Waals surface area contributed by atoms with E-state index in [0.29, 0.717) is 16.8 Å². The van der Waals surface area contributed by atoms with Crippen LogP contribution >= 0.6 is 15.9 Å². The van der Waals surface area contributed by atoms with E-state index in [4.69, 9.17) is 0 Å². The van der Waals surface area contributed by atoms with Crippen molar-refractivity contribution < 1.29 is 18.3 Å². The maximum atomic E-state index is 12.2. The molecule has 0 amide bonds. The van der Waals surface area contributed by atoms with Gasteiger partial charge >= 0.3 is 6.18 Å². The van der Waals surface area contributed by atoms with Crippen molar-refractivity contribution in [2.24, 2.45) is 0 Å². The molecule has 5 nitrogen and oxygen atoms in total. The lowest BCUT2D eigenvalue weighted by Crippen LogP contribution is -2.31. The number of nitrogens with one attached hydrogen (secondary N) is 1. The van der Waals surface area contributed by atoms with E-state index >= 15 is 0 Å². The minimum atomic E-state index is -4.51. The number of halogens is 4. The van der Waals surface area contributed by atoms with Crippen molar-refractivity contribution in [2.45, 2.75) is 45.1 Å². The van der Waals surface area contributed by atoms with Crippen LogP contribution < -0.4 is 10.9 Å². The van der Waals surface area contributed by atoms with Gasteiger partial charge in [0.05, 0.1) is 18.0 Å². The van der Waals surface area contributed by atoms with Crippen LogP contribution in [0.2, 0.25) is 0 Å². The minimum absolute atomic E-state index is 0.0193. The van der Waals surface area contributed by atoms with E-state index in [9.17, 15) is 23.1 Å². The van der Waals surface area contributed by atoms with E-state index in [1.165, 1.54) is 0 Å². The molecule has 0 spiro atoms. The summed E-state index contributed by atoms with van der Waals surface area (Å²) < 4.78 is 37.1. The van der Waals surface area contributed by atoms with Crippen LogP contribution in [0.3, 0.4) is 0 Å². The number of aromatic nitrogens is 2. The molecule has 9 heteroatoms. The second-order valence-corrected chi connectivity index (χ2v) is 5.37. The summed E-state index contributed by atoms with van der Waals surface area (Å²) in [6.45, 7) is 1.96. The van der Waals surface area contributed by atoms with E-state index in [1.807, 2.05) is 0 Å². The molecule has 1 aromatic rings. The third-order valence-electron chi connectivity index (χ3n) is 2.41. The summed E-state index contributed by atoms with van der Waals surface area (Å²) in [6, 6.07) is -0.161. The zero-order valence-electron chi connectivity index (χ0n) is 10.9. The molecule has 2 atom stereocenters. The normalized spacial score (nSPS) is 14.9. The van der Waals surface area contributed by atoms with E-state index < -0.39 is 24.4 Å². The number of anilines is 1. The van der Waals surface area contributed by atoms with Crippen LogP contribution in [-0.2, 0) is 6.54 Å². The van der Waals surface area contributed by atoms with Crippen molar-refractivity contribution in [3.05, 3.63) is 21.0 Å². The van der Waals surface area contributed by atoms with Crippen LogP contribution in [0.25, 0.3) is 0 Å². The van der Waals surface area contributed by atoms with Gasteiger partial charge in [0, 0.05) is 6.04 Å². The average Bonchev–Trinajstić information content (AvgIpc) is 2.26. The molecule has 1 rings (SSSR count). The van der Waals surface area contributed by atoms with Gasteiger partial charge in [0.2, 0.25) is 0 Å². The first-order valence-electron chi connectivity index (χ1n) is 5.87. The highest BCUT2D eigenvalue weighted by molar-refractivity contribution is 9.10. The Kier molecular flexibility index (Phi) is 5.58. The van der Waals surface area contributed by atoms with Crippen molar-refractivity contribution in [1.82, 2.24) is 9.78 Å². The van der Waals surface area contributed by atoms with E-state index in [-0.39, 0.29) is 10.5 Å². The lowest BCUT2D eigenvalue weighted by Gasteiger charge is -2.18. The molecule has 0 radical (unpaired) electrons. The van der Waals surface area contributed by atoms with Crippen LogP contribution in [0.1, 0.15) is 20.3 Å². The second kappa shape index (κ2) is 6.57. The molecule has 0 aliphatic carbocycles. The fourth-order valence-electron chi connectivity index (χ4n) is 1.68. The number of hydrogen-bond acceptors (Lipinski definition) is 4. The molecule has 0 aromatic carbocycles. The smallest absolute Gasteiger partial charge is 0.393 e. The molecule has 20 heavy (non-hydrogen) atoms. The van der Waals surface area contributed by atoms with Gasteiger partial charge < -0.3 is 10.4 Å². The molecule has 0 aliphatic heterocycles. The largest absolute Gasteiger partial charge is 0.408 e. The third-order valence-corrected chi connectivity index (χ3v) is 3.18. The maximum Gasteiger partial charge on any atom is 0.408 e. The summed E-state index contributed by atoms with van der Waals surface area (Å²) in [4.78, 5) is 11.7. The number of aliphatic hydroxyl groups is 1. The van der Waals surface area contributed by atoms with E-state index in [1.54, 1.807) is 13.8 Å². The molecule has 0 aliphatic rings. The average molecular weight is 358 g/mol. The highest BCUT2D eigenvalue weighted by Crippen LogP contribution is 2.20. The standard InChI is InChI=1S/C11H15BrF3N3O2/c1-6(3-7(2)19)17-8-4-16-18(5-11(13,14)15)10(20)9(8)12/h4,6-7,17,19H,3,5H2,1-2H3. The summed E-state index contributed by atoms with van der Waals surface area (Å²) >= 11 is 2.97. The minimum Gasteiger partial charge on any atom is -0.393 e. The van der Waals surface area contributed by atoms with Gasteiger partial charge in [0.1, 0.15) is 11.0 Å². The van der Waals surface area contributed by atoms with Gasteiger partial charge in [0.25, 0.3) is 5.56 Å². The Bertz CT molecular complexity index is 517. The van der Waals surface area contributed by atoms with E-state index in [0.717, 1.165) is 6.20 Å². The third kappa shape index (κ3) is 5.12. The topological polar surface area (TPSA) is 67.2 Å². The fourth-order valence-corrected chi connectivity index (χ4v) is 2.11. The molecular weight excluding hydrogens is 343 g/mol. The summed E-state index contributed by atoms with van der Waals surface area (Å²) in [5, 5.41) is 15.6. The zero-order chi connectivity index (χ0) is 15.5. The lowest BCUT2D eigenvalue weighted by atomic mass is 10.1. The quantitative estimate of drug-likeness (QED) is 0.847. The summed E-state index contributed by atoms with van der Waals surface area (Å²) in [5.74, 6) is 0. The van der Waals surface area contributed by atoms with Crippen LogP contribution in [0, 0.1) is 0 Å². The Hall–Kier alpha value is -1.09. The molecule has 1 aromatic heterocycles. The molecular formula is C11H15BrF3N3O2. The van der Waals surface area contributed by atoms with Crippen molar-refractivity contribution >= 4 is 21.6 Å². The molecule has 0 bridgehead atoms. The molecule has 2 unspecified atom stereocenters. The molecule has 0 saturated carbocycles. The number of hydrogen-bond donors (Lipinski definition) is 2. The van der Waals surface area contributed by atoms with Gasteiger partial charge in [-0.15, -0.1) is 0 Å².